The van der Waals surface area contributed by atoms with Gasteiger partial charge in [-0.2, -0.15) is 13.2 Å². The first-order chi connectivity index (χ1) is 10.8. The second kappa shape index (κ2) is 6.82. The summed E-state index contributed by atoms with van der Waals surface area (Å²) >= 11 is 1.24. The van der Waals surface area contributed by atoms with Crippen molar-refractivity contribution in [3.63, 3.8) is 0 Å². The number of aryl methyl sites for hydroxylation is 1. The monoisotopic (exact) mass is 343 g/mol. The molecule has 0 aliphatic rings. The number of amides is 1. The van der Waals surface area contributed by atoms with Gasteiger partial charge in [-0.05, 0) is 43.3 Å². The molecule has 2 aromatic rings. The third-order valence-corrected chi connectivity index (χ3v) is 3.75. The van der Waals surface area contributed by atoms with Crippen LogP contribution in [0.15, 0.2) is 36.4 Å². The van der Waals surface area contributed by atoms with Gasteiger partial charge < -0.3 is 10.1 Å². The Labute approximate surface area is 133 Å². The predicted octanol–water partition coefficient (Wildman–Crippen LogP) is 3.87. The molecule has 0 unspecified atom stereocenters. The fraction of sp³-hybridized carbons (Fsp3) is 0.200. The minimum atomic E-state index is -4.43. The minimum Gasteiger partial charge on any atom is -0.451 e. The maximum atomic E-state index is 12.4. The first kappa shape index (κ1) is 17.0. The molecule has 0 aliphatic carbocycles. The molecule has 1 aromatic carbocycles. The van der Waals surface area contributed by atoms with Crippen LogP contribution in [0.5, 0.6) is 0 Å². The summed E-state index contributed by atoms with van der Waals surface area (Å²) in [6, 6.07) is 7.32. The van der Waals surface area contributed by atoms with E-state index in [1.165, 1.54) is 11.3 Å². The number of benzene rings is 1. The van der Waals surface area contributed by atoms with Crippen LogP contribution in [0.4, 0.5) is 18.9 Å². The van der Waals surface area contributed by atoms with E-state index in [4.69, 9.17) is 4.74 Å². The number of thiophene rings is 1. The van der Waals surface area contributed by atoms with Crippen LogP contribution in [0.2, 0.25) is 0 Å². The Morgan fingerprint density at radius 3 is 2.30 bits per heavy atom. The average Bonchev–Trinajstić information content (AvgIpc) is 2.91. The molecule has 8 heteroatoms. The number of nitrogens with one attached hydrogen (secondary N) is 1. The van der Waals surface area contributed by atoms with E-state index in [-0.39, 0.29) is 5.69 Å². The lowest BCUT2D eigenvalue weighted by Crippen LogP contribution is -2.20. The highest BCUT2D eigenvalue weighted by molar-refractivity contribution is 7.13. The summed E-state index contributed by atoms with van der Waals surface area (Å²) in [4.78, 5) is 24.6. The van der Waals surface area contributed by atoms with Crippen molar-refractivity contribution in [3.05, 3.63) is 51.7 Å². The van der Waals surface area contributed by atoms with Crippen LogP contribution in [0, 0.1) is 6.92 Å². The first-order valence-electron chi connectivity index (χ1n) is 6.46. The largest absolute Gasteiger partial charge is 0.451 e. The number of hydrogen-bond donors (Lipinski definition) is 1. The summed E-state index contributed by atoms with van der Waals surface area (Å²) in [5.74, 6) is -1.25. The van der Waals surface area contributed by atoms with E-state index >= 15 is 0 Å². The van der Waals surface area contributed by atoms with Crippen molar-refractivity contribution in [2.75, 3.05) is 11.9 Å². The van der Waals surface area contributed by atoms with E-state index in [2.05, 4.69) is 5.32 Å². The van der Waals surface area contributed by atoms with Gasteiger partial charge in [0.1, 0.15) is 4.88 Å². The van der Waals surface area contributed by atoms with Gasteiger partial charge in [-0.25, -0.2) is 4.79 Å². The zero-order valence-electron chi connectivity index (χ0n) is 11.9. The van der Waals surface area contributed by atoms with Gasteiger partial charge in [-0.1, -0.05) is 0 Å². The maximum absolute atomic E-state index is 12.4. The molecule has 23 heavy (non-hydrogen) atoms. The lowest BCUT2D eigenvalue weighted by molar-refractivity contribution is -0.137. The lowest BCUT2D eigenvalue weighted by Gasteiger charge is -2.09. The Morgan fingerprint density at radius 1 is 1.13 bits per heavy atom. The van der Waals surface area contributed by atoms with Gasteiger partial charge >= 0.3 is 12.1 Å². The predicted molar refractivity (Wildman–Crippen MR) is 79.4 cm³/mol. The summed E-state index contributed by atoms with van der Waals surface area (Å²) in [6.45, 7) is 1.32. The Bertz CT molecular complexity index is 708. The molecule has 0 saturated carbocycles. The zero-order valence-corrected chi connectivity index (χ0v) is 12.8. The molecule has 2 rings (SSSR count). The Morgan fingerprint density at radius 2 is 1.78 bits per heavy atom. The van der Waals surface area contributed by atoms with E-state index in [9.17, 15) is 22.8 Å². The van der Waals surface area contributed by atoms with E-state index in [1.807, 2.05) is 6.92 Å². The molecule has 0 bridgehead atoms. The zero-order chi connectivity index (χ0) is 17.0. The fourth-order valence-corrected chi connectivity index (χ4v) is 2.45. The molecule has 0 aliphatic heterocycles. The Balaban J connectivity index is 1.86. The minimum absolute atomic E-state index is 0.186. The van der Waals surface area contributed by atoms with Crippen LogP contribution in [0.3, 0.4) is 0 Å². The van der Waals surface area contributed by atoms with Crippen LogP contribution >= 0.6 is 11.3 Å². The molecule has 1 aromatic heterocycles. The third kappa shape index (κ3) is 4.82. The van der Waals surface area contributed by atoms with Gasteiger partial charge in [0.05, 0.1) is 5.56 Å². The van der Waals surface area contributed by atoms with Gasteiger partial charge in [-0.15, -0.1) is 11.3 Å². The van der Waals surface area contributed by atoms with Crippen LogP contribution in [-0.4, -0.2) is 18.5 Å². The van der Waals surface area contributed by atoms with Crippen molar-refractivity contribution in [3.8, 4) is 0 Å². The highest BCUT2D eigenvalue weighted by Gasteiger charge is 2.29. The summed E-state index contributed by atoms with van der Waals surface area (Å²) in [5.41, 5.74) is -0.624. The van der Waals surface area contributed by atoms with Crippen LogP contribution in [0.1, 0.15) is 20.1 Å². The van der Waals surface area contributed by atoms with Gasteiger partial charge in [0, 0.05) is 10.6 Å². The number of carbonyl (C=O) groups excluding carboxylic acids is 2. The quantitative estimate of drug-likeness (QED) is 0.858. The average molecular weight is 343 g/mol. The topological polar surface area (TPSA) is 55.4 Å². The first-order valence-corrected chi connectivity index (χ1v) is 7.28. The number of anilines is 1. The van der Waals surface area contributed by atoms with Gasteiger partial charge in [-0.3, -0.25) is 4.79 Å². The molecular formula is C15H12F3NO3S. The summed E-state index contributed by atoms with van der Waals surface area (Å²) < 4.78 is 42.1. The number of esters is 1. The van der Waals surface area contributed by atoms with Crippen molar-refractivity contribution in [2.45, 2.75) is 13.1 Å². The van der Waals surface area contributed by atoms with E-state index in [0.717, 1.165) is 29.1 Å². The molecule has 0 atom stereocenters. The molecule has 0 radical (unpaired) electrons. The number of hydrogen-bond acceptors (Lipinski definition) is 4. The summed E-state index contributed by atoms with van der Waals surface area (Å²) in [5, 5.41) is 2.35. The molecule has 122 valence electrons. The maximum Gasteiger partial charge on any atom is 0.416 e. The van der Waals surface area contributed by atoms with Gasteiger partial charge in [0.25, 0.3) is 5.91 Å². The van der Waals surface area contributed by atoms with E-state index in [1.54, 1.807) is 12.1 Å². The number of halogens is 3. The van der Waals surface area contributed by atoms with Crippen molar-refractivity contribution in [1.29, 1.82) is 0 Å². The lowest BCUT2D eigenvalue weighted by atomic mass is 10.2. The van der Waals surface area contributed by atoms with Crippen LogP contribution in [0.25, 0.3) is 0 Å². The molecule has 0 fully saturated rings. The molecule has 0 saturated heterocycles. The van der Waals surface area contributed by atoms with Gasteiger partial charge in [0.2, 0.25) is 0 Å². The molecule has 1 heterocycles. The highest BCUT2D eigenvalue weighted by atomic mass is 32.1. The molecule has 4 nitrogen and oxygen atoms in total. The third-order valence-electron chi connectivity index (χ3n) is 2.77. The van der Waals surface area contributed by atoms with Crippen molar-refractivity contribution in [2.24, 2.45) is 0 Å². The van der Waals surface area contributed by atoms with Gasteiger partial charge in [0.15, 0.2) is 6.61 Å². The molecule has 1 amide bonds. The summed E-state index contributed by atoms with van der Waals surface area (Å²) in [6.07, 6.45) is -4.43. The Hall–Kier alpha value is -2.35. The second-order valence-electron chi connectivity index (χ2n) is 4.61. The smallest absolute Gasteiger partial charge is 0.416 e. The van der Waals surface area contributed by atoms with Crippen molar-refractivity contribution in [1.82, 2.24) is 0 Å². The fourth-order valence-electron chi connectivity index (χ4n) is 1.69. The number of ether oxygens (including phenoxy) is 1. The molecular weight excluding hydrogens is 331 g/mol. The van der Waals surface area contributed by atoms with Crippen LogP contribution in [-0.2, 0) is 15.7 Å². The van der Waals surface area contributed by atoms with E-state index in [0.29, 0.717) is 4.88 Å². The summed E-state index contributed by atoms with van der Waals surface area (Å²) in [7, 11) is 0. The molecule has 1 N–H and O–H groups in total. The second-order valence-corrected chi connectivity index (χ2v) is 5.90. The van der Waals surface area contributed by atoms with Crippen molar-refractivity contribution >= 4 is 28.9 Å². The Kier molecular flexibility index (Phi) is 5.05. The van der Waals surface area contributed by atoms with E-state index < -0.39 is 30.2 Å². The van der Waals surface area contributed by atoms with Crippen LogP contribution < -0.4 is 5.32 Å². The van der Waals surface area contributed by atoms with Crippen molar-refractivity contribution < 1.29 is 27.5 Å². The number of rotatable bonds is 4. The number of alkyl halides is 3. The highest BCUT2D eigenvalue weighted by Crippen LogP contribution is 2.29. The SMILES string of the molecule is Cc1ccc(C(=O)OCC(=O)Nc2ccc(C(F)(F)F)cc2)s1. The standard InChI is InChI=1S/C15H12F3NO3S/c1-9-2-7-12(23-9)14(21)22-8-13(20)19-11-5-3-10(4-6-11)15(16,17)18/h2-7H,8H2,1H3,(H,19,20). The molecule has 0 spiro atoms. The number of carbonyl (C=O) groups is 2. The normalized spacial score (nSPS) is 11.1.